The van der Waals surface area contributed by atoms with Crippen molar-refractivity contribution in [1.29, 1.82) is 0 Å². The first-order valence-electron chi connectivity index (χ1n) is 6.75. The fraction of sp³-hybridized carbons (Fsp3) is 0.538. The summed E-state index contributed by atoms with van der Waals surface area (Å²) in [5.74, 6) is 0.0806. The molecule has 114 valence electrons. The van der Waals surface area contributed by atoms with Gasteiger partial charge in [-0.05, 0) is 31.7 Å². The van der Waals surface area contributed by atoms with Crippen LogP contribution < -0.4 is 4.74 Å². The first-order valence-corrected chi connectivity index (χ1v) is 6.75. The predicted molar refractivity (Wildman–Crippen MR) is 73.5 cm³/mol. The topological polar surface area (TPSA) is 105 Å². The SMILES string of the molecule is O=[N+]([O-])c1ccc(OC2CCCOCCC2)c([N+](=O)[O-])c1. The van der Waals surface area contributed by atoms with E-state index in [0.717, 1.165) is 31.7 Å². The molecule has 2 rings (SSSR count). The Morgan fingerprint density at radius 3 is 2.33 bits per heavy atom. The van der Waals surface area contributed by atoms with Crippen molar-refractivity contribution in [3.05, 3.63) is 38.4 Å². The van der Waals surface area contributed by atoms with Crippen LogP contribution in [-0.2, 0) is 4.74 Å². The molecule has 0 radical (unpaired) electrons. The minimum Gasteiger partial charge on any atom is -0.483 e. The van der Waals surface area contributed by atoms with Gasteiger partial charge in [-0.25, -0.2) is 0 Å². The summed E-state index contributed by atoms with van der Waals surface area (Å²) in [6, 6.07) is 3.45. The summed E-state index contributed by atoms with van der Waals surface area (Å²) in [5, 5.41) is 21.7. The summed E-state index contributed by atoms with van der Waals surface area (Å²) in [7, 11) is 0. The van der Waals surface area contributed by atoms with Gasteiger partial charge in [-0.1, -0.05) is 0 Å². The number of nitro groups is 2. The Labute approximate surface area is 121 Å². The number of non-ortho nitro benzene ring substituents is 1. The molecule has 1 aliphatic rings. The molecule has 0 saturated carbocycles. The summed E-state index contributed by atoms with van der Waals surface area (Å²) >= 11 is 0. The van der Waals surface area contributed by atoms with E-state index in [2.05, 4.69) is 0 Å². The Kier molecular flexibility index (Phi) is 5.04. The quantitative estimate of drug-likeness (QED) is 0.625. The third-order valence-corrected chi connectivity index (χ3v) is 3.27. The van der Waals surface area contributed by atoms with E-state index in [1.165, 1.54) is 12.1 Å². The van der Waals surface area contributed by atoms with Gasteiger partial charge in [-0.3, -0.25) is 20.2 Å². The molecule has 0 bridgehead atoms. The summed E-state index contributed by atoms with van der Waals surface area (Å²) in [6.07, 6.45) is 3.01. The second kappa shape index (κ2) is 6.98. The molecule has 0 unspecified atom stereocenters. The lowest BCUT2D eigenvalue weighted by atomic mass is 10.1. The van der Waals surface area contributed by atoms with Gasteiger partial charge in [0.1, 0.15) is 0 Å². The van der Waals surface area contributed by atoms with Crippen LogP contribution in [0, 0.1) is 20.2 Å². The van der Waals surface area contributed by atoms with Gasteiger partial charge in [0.25, 0.3) is 5.69 Å². The minimum atomic E-state index is -0.663. The molecule has 1 heterocycles. The number of rotatable bonds is 4. The standard InChI is InChI=1S/C13H16N2O6/c16-14(17)10-5-6-13(12(9-10)15(18)19)21-11-3-1-7-20-8-2-4-11/h5-6,9,11H,1-4,7-8H2. The number of nitrogens with zero attached hydrogens (tertiary/aromatic N) is 2. The number of ether oxygens (including phenoxy) is 2. The van der Waals surface area contributed by atoms with E-state index in [-0.39, 0.29) is 23.2 Å². The van der Waals surface area contributed by atoms with Crippen LogP contribution >= 0.6 is 0 Å². The van der Waals surface area contributed by atoms with Crippen LogP contribution in [0.5, 0.6) is 5.75 Å². The highest BCUT2D eigenvalue weighted by molar-refractivity contribution is 5.53. The molecule has 1 fully saturated rings. The molecule has 1 aromatic carbocycles. The van der Waals surface area contributed by atoms with Crippen molar-refractivity contribution in [2.45, 2.75) is 31.8 Å². The molecule has 0 spiro atoms. The van der Waals surface area contributed by atoms with Crippen molar-refractivity contribution in [2.24, 2.45) is 0 Å². The van der Waals surface area contributed by atoms with Crippen molar-refractivity contribution in [2.75, 3.05) is 13.2 Å². The summed E-state index contributed by atoms with van der Waals surface area (Å²) in [5.41, 5.74) is -0.692. The van der Waals surface area contributed by atoms with E-state index in [4.69, 9.17) is 9.47 Å². The van der Waals surface area contributed by atoms with Gasteiger partial charge >= 0.3 is 5.69 Å². The molecule has 0 aromatic heterocycles. The zero-order valence-corrected chi connectivity index (χ0v) is 11.4. The van der Waals surface area contributed by atoms with Crippen molar-refractivity contribution in [1.82, 2.24) is 0 Å². The Balaban J connectivity index is 2.17. The van der Waals surface area contributed by atoms with Gasteiger partial charge in [0.15, 0.2) is 5.75 Å². The van der Waals surface area contributed by atoms with Crippen LogP contribution in [0.4, 0.5) is 11.4 Å². The van der Waals surface area contributed by atoms with Crippen molar-refractivity contribution in [3.8, 4) is 5.75 Å². The number of hydrogen-bond donors (Lipinski definition) is 0. The molecule has 0 N–H and O–H groups in total. The van der Waals surface area contributed by atoms with Crippen molar-refractivity contribution in [3.63, 3.8) is 0 Å². The smallest absolute Gasteiger partial charge is 0.317 e. The minimum absolute atomic E-state index is 0.0806. The first-order chi connectivity index (χ1) is 10.1. The van der Waals surface area contributed by atoms with Crippen LogP contribution in [0.25, 0.3) is 0 Å². The lowest BCUT2D eigenvalue weighted by Crippen LogP contribution is -2.21. The van der Waals surface area contributed by atoms with E-state index in [1.807, 2.05) is 0 Å². The third kappa shape index (κ3) is 4.12. The molecule has 21 heavy (non-hydrogen) atoms. The lowest BCUT2D eigenvalue weighted by Gasteiger charge is -2.21. The Morgan fingerprint density at radius 2 is 1.76 bits per heavy atom. The van der Waals surface area contributed by atoms with E-state index < -0.39 is 9.85 Å². The fourth-order valence-electron chi connectivity index (χ4n) is 2.23. The zero-order valence-electron chi connectivity index (χ0n) is 11.4. The van der Waals surface area contributed by atoms with Gasteiger partial charge in [-0.15, -0.1) is 0 Å². The molecule has 8 nitrogen and oxygen atoms in total. The van der Waals surface area contributed by atoms with Crippen LogP contribution in [0.1, 0.15) is 25.7 Å². The van der Waals surface area contributed by atoms with E-state index in [0.29, 0.717) is 13.2 Å². The zero-order chi connectivity index (χ0) is 15.2. The molecular formula is C13H16N2O6. The van der Waals surface area contributed by atoms with Crippen LogP contribution in [0.3, 0.4) is 0 Å². The first kappa shape index (κ1) is 15.2. The van der Waals surface area contributed by atoms with Crippen LogP contribution in [-0.4, -0.2) is 29.2 Å². The monoisotopic (exact) mass is 296 g/mol. The average molecular weight is 296 g/mol. The Morgan fingerprint density at radius 1 is 1.10 bits per heavy atom. The van der Waals surface area contributed by atoms with Gasteiger partial charge in [0.05, 0.1) is 22.0 Å². The number of benzene rings is 1. The Bertz CT molecular complexity index is 525. The largest absolute Gasteiger partial charge is 0.483 e. The van der Waals surface area contributed by atoms with Crippen molar-refractivity contribution < 1.29 is 19.3 Å². The van der Waals surface area contributed by atoms with E-state index in [9.17, 15) is 20.2 Å². The van der Waals surface area contributed by atoms with E-state index >= 15 is 0 Å². The number of nitro benzene ring substituents is 2. The maximum absolute atomic E-state index is 11.0. The summed E-state index contributed by atoms with van der Waals surface area (Å²) in [4.78, 5) is 20.4. The second-order valence-electron chi connectivity index (χ2n) is 4.80. The lowest BCUT2D eigenvalue weighted by molar-refractivity contribution is -0.394. The molecule has 1 saturated heterocycles. The molecule has 0 amide bonds. The normalized spacial score (nSPS) is 16.8. The molecular weight excluding hydrogens is 280 g/mol. The summed E-state index contributed by atoms with van der Waals surface area (Å²) in [6.45, 7) is 1.31. The van der Waals surface area contributed by atoms with Gasteiger partial charge in [0.2, 0.25) is 0 Å². The van der Waals surface area contributed by atoms with Crippen LogP contribution in [0.2, 0.25) is 0 Å². The fourth-order valence-corrected chi connectivity index (χ4v) is 2.23. The molecule has 0 aliphatic carbocycles. The molecule has 0 atom stereocenters. The highest BCUT2D eigenvalue weighted by Crippen LogP contribution is 2.32. The highest BCUT2D eigenvalue weighted by Gasteiger charge is 2.23. The highest BCUT2D eigenvalue weighted by atomic mass is 16.6. The van der Waals surface area contributed by atoms with Gasteiger partial charge in [-0.2, -0.15) is 0 Å². The third-order valence-electron chi connectivity index (χ3n) is 3.27. The number of hydrogen-bond acceptors (Lipinski definition) is 6. The molecule has 1 aliphatic heterocycles. The average Bonchev–Trinajstić information content (AvgIpc) is 2.41. The van der Waals surface area contributed by atoms with Crippen molar-refractivity contribution >= 4 is 11.4 Å². The van der Waals surface area contributed by atoms with E-state index in [1.54, 1.807) is 0 Å². The summed E-state index contributed by atoms with van der Waals surface area (Å²) < 4.78 is 11.0. The van der Waals surface area contributed by atoms with Crippen LogP contribution in [0.15, 0.2) is 18.2 Å². The maximum atomic E-state index is 11.0. The van der Waals surface area contributed by atoms with Gasteiger partial charge in [0, 0.05) is 19.3 Å². The predicted octanol–water partition coefficient (Wildman–Crippen LogP) is 2.84. The molecule has 8 heteroatoms. The Hall–Kier alpha value is -2.22. The molecule has 1 aromatic rings. The van der Waals surface area contributed by atoms with Gasteiger partial charge < -0.3 is 9.47 Å². The maximum Gasteiger partial charge on any atom is 0.317 e. The second-order valence-corrected chi connectivity index (χ2v) is 4.80.